The lowest BCUT2D eigenvalue weighted by molar-refractivity contribution is 0.232. The molecule has 0 radical (unpaired) electrons. The van der Waals surface area contributed by atoms with E-state index in [2.05, 4.69) is 29.1 Å². The molecule has 0 spiro atoms. The van der Waals surface area contributed by atoms with Crippen LogP contribution in [0.15, 0.2) is 12.4 Å². The van der Waals surface area contributed by atoms with Crippen molar-refractivity contribution in [3.8, 4) is 5.88 Å². The molecule has 102 valence electrons. The first-order valence-electron chi connectivity index (χ1n) is 6.50. The molecule has 0 bridgehead atoms. The van der Waals surface area contributed by atoms with Crippen LogP contribution in [0.4, 0.5) is 5.82 Å². The highest BCUT2D eigenvalue weighted by molar-refractivity contribution is 5.37. The molecule has 0 fully saturated rings. The molecule has 0 aromatic carbocycles. The number of rotatable bonds is 7. The van der Waals surface area contributed by atoms with Gasteiger partial charge in [-0.15, -0.1) is 0 Å². The maximum absolute atomic E-state index is 6.23. The Hall–Kier alpha value is -1.36. The van der Waals surface area contributed by atoms with Crippen molar-refractivity contribution in [3.05, 3.63) is 12.4 Å². The molecule has 1 aromatic heterocycles. The fourth-order valence-corrected chi connectivity index (χ4v) is 1.51. The first kappa shape index (κ1) is 14.7. The van der Waals surface area contributed by atoms with Gasteiger partial charge in [0.05, 0.1) is 6.10 Å². The third-order valence-corrected chi connectivity index (χ3v) is 3.03. The summed E-state index contributed by atoms with van der Waals surface area (Å²) in [6.07, 6.45) is 3.46. The van der Waals surface area contributed by atoms with Crippen LogP contribution >= 0.6 is 0 Å². The fourth-order valence-electron chi connectivity index (χ4n) is 1.51. The van der Waals surface area contributed by atoms with Gasteiger partial charge in [0.15, 0.2) is 0 Å². The van der Waals surface area contributed by atoms with E-state index in [-0.39, 0.29) is 11.6 Å². The topological polar surface area (TPSA) is 73.1 Å². The molecule has 0 unspecified atom stereocenters. The van der Waals surface area contributed by atoms with E-state index in [1.54, 1.807) is 6.07 Å². The summed E-state index contributed by atoms with van der Waals surface area (Å²) in [7, 11) is 0. The van der Waals surface area contributed by atoms with E-state index in [1.807, 2.05) is 13.8 Å². The lowest BCUT2D eigenvalue weighted by atomic mass is 9.94. The molecule has 1 rings (SSSR count). The Labute approximate surface area is 109 Å². The molecule has 0 saturated carbocycles. The third kappa shape index (κ3) is 4.49. The minimum Gasteiger partial charge on any atom is -0.475 e. The second-order valence-electron chi connectivity index (χ2n) is 4.83. The van der Waals surface area contributed by atoms with E-state index >= 15 is 0 Å². The van der Waals surface area contributed by atoms with Crippen LogP contribution in [0.25, 0.3) is 0 Å². The standard InChI is InChI=1S/C13H24N4O/c1-5-13(14,6-2)8-15-11-7-12(17-9-16-11)18-10(3)4/h7,9-10H,5-6,8,14H2,1-4H3,(H,15,16,17). The van der Waals surface area contributed by atoms with Gasteiger partial charge >= 0.3 is 0 Å². The van der Waals surface area contributed by atoms with Gasteiger partial charge in [0.2, 0.25) is 5.88 Å². The van der Waals surface area contributed by atoms with Gasteiger partial charge in [0.1, 0.15) is 12.1 Å². The van der Waals surface area contributed by atoms with Crippen LogP contribution in [-0.2, 0) is 0 Å². The number of hydrogen-bond donors (Lipinski definition) is 2. The smallest absolute Gasteiger partial charge is 0.218 e. The van der Waals surface area contributed by atoms with Crippen molar-refractivity contribution in [3.63, 3.8) is 0 Å². The summed E-state index contributed by atoms with van der Waals surface area (Å²) < 4.78 is 5.52. The molecule has 3 N–H and O–H groups in total. The average molecular weight is 252 g/mol. The Bertz CT molecular complexity index is 364. The number of aromatic nitrogens is 2. The molecule has 5 nitrogen and oxygen atoms in total. The second kappa shape index (κ2) is 6.54. The molecule has 5 heteroatoms. The van der Waals surface area contributed by atoms with Gasteiger partial charge in [-0.05, 0) is 26.7 Å². The van der Waals surface area contributed by atoms with E-state index in [4.69, 9.17) is 10.5 Å². The minimum absolute atomic E-state index is 0.104. The lowest BCUT2D eigenvalue weighted by Gasteiger charge is -2.27. The van der Waals surface area contributed by atoms with E-state index in [1.165, 1.54) is 6.33 Å². The van der Waals surface area contributed by atoms with Crippen LogP contribution in [-0.4, -0.2) is 28.2 Å². The largest absolute Gasteiger partial charge is 0.475 e. The van der Waals surface area contributed by atoms with Gasteiger partial charge in [-0.3, -0.25) is 0 Å². The summed E-state index contributed by atoms with van der Waals surface area (Å²) >= 11 is 0. The number of nitrogens with one attached hydrogen (secondary N) is 1. The predicted octanol–water partition coefficient (Wildman–Crippen LogP) is 2.19. The number of nitrogens with two attached hydrogens (primary N) is 1. The summed E-state index contributed by atoms with van der Waals surface area (Å²) in [4.78, 5) is 8.22. The molecule has 0 saturated heterocycles. The molecule has 0 amide bonds. The van der Waals surface area contributed by atoms with Crippen molar-refractivity contribution >= 4 is 5.82 Å². The highest BCUT2D eigenvalue weighted by atomic mass is 16.5. The number of anilines is 1. The molecule has 1 aromatic rings. The van der Waals surface area contributed by atoms with Gasteiger partial charge < -0.3 is 15.8 Å². The fraction of sp³-hybridized carbons (Fsp3) is 0.692. The van der Waals surface area contributed by atoms with Gasteiger partial charge in [-0.2, -0.15) is 0 Å². The summed E-state index contributed by atoms with van der Waals surface area (Å²) in [6.45, 7) is 8.82. The zero-order valence-corrected chi connectivity index (χ0v) is 11.7. The maximum atomic E-state index is 6.23. The number of nitrogens with zero attached hydrogens (tertiary/aromatic N) is 2. The van der Waals surface area contributed by atoms with Crippen molar-refractivity contribution in [2.24, 2.45) is 5.73 Å². The number of hydrogen-bond acceptors (Lipinski definition) is 5. The molecule has 0 aliphatic heterocycles. The third-order valence-electron chi connectivity index (χ3n) is 3.03. The Balaban J connectivity index is 2.62. The first-order valence-corrected chi connectivity index (χ1v) is 6.50. The molecular formula is C13H24N4O. The van der Waals surface area contributed by atoms with Gasteiger partial charge in [0, 0.05) is 18.2 Å². The van der Waals surface area contributed by atoms with Crippen LogP contribution in [0.5, 0.6) is 5.88 Å². The van der Waals surface area contributed by atoms with Crippen molar-refractivity contribution in [2.45, 2.75) is 52.2 Å². The normalized spacial score (nSPS) is 11.7. The monoisotopic (exact) mass is 252 g/mol. The van der Waals surface area contributed by atoms with Crippen molar-refractivity contribution in [2.75, 3.05) is 11.9 Å². The molecule has 0 atom stereocenters. The quantitative estimate of drug-likeness (QED) is 0.778. The van der Waals surface area contributed by atoms with Crippen molar-refractivity contribution in [1.82, 2.24) is 9.97 Å². The molecule has 18 heavy (non-hydrogen) atoms. The summed E-state index contributed by atoms with van der Waals surface area (Å²) in [5.41, 5.74) is 6.04. The number of ether oxygens (including phenoxy) is 1. The Morgan fingerprint density at radius 2 is 2.00 bits per heavy atom. The van der Waals surface area contributed by atoms with Gasteiger partial charge in [0.25, 0.3) is 0 Å². The summed E-state index contributed by atoms with van der Waals surface area (Å²) in [5, 5.41) is 3.24. The molecule has 1 heterocycles. The van der Waals surface area contributed by atoms with Gasteiger partial charge in [-0.1, -0.05) is 13.8 Å². The first-order chi connectivity index (χ1) is 8.49. The molecular weight excluding hydrogens is 228 g/mol. The van der Waals surface area contributed by atoms with Crippen LogP contribution in [0, 0.1) is 0 Å². The Morgan fingerprint density at radius 3 is 2.56 bits per heavy atom. The van der Waals surface area contributed by atoms with Crippen LogP contribution in [0.3, 0.4) is 0 Å². The summed E-state index contributed by atoms with van der Waals surface area (Å²) in [6, 6.07) is 1.80. The van der Waals surface area contributed by atoms with Gasteiger partial charge in [-0.25, -0.2) is 9.97 Å². The van der Waals surface area contributed by atoms with E-state index in [0.29, 0.717) is 12.4 Å². The second-order valence-corrected chi connectivity index (χ2v) is 4.83. The van der Waals surface area contributed by atoms with Crippen LogP contribution < -0.4 is 15.8 Å². The maximum Gasteiger partial charge on any atom is 0.218 e. The Kier molecular flexibility index (Phi) is 5.34. The SMILES string of the molecule is CCC(N)(CC)CNc1cc(OC(C)C)ncn1. The zero-order valence-electron chi connectivity index (χ0n) is 11.7. The van der Waals surface area contributed by atoms with Crippen LogP contribution in [0.2, 0.25) is 0 Å². The van der Waals surface area contributed by atoms with E-state index < -0.39 is 0 Å². The van der Waals surface area contributed by atoms with E-state index in [9.17, 15) is 0 Å². The molecule has 0 aliphatic carbocycles. The predicted molar refractivity (Wildman–Crippen MR) is 73.8 cm³/mol. The highest BCUT2D eigenvalue weighted by Gasteiger charge is 2.19. The highest BCUT2D eigenvalue weighted by Crippen LogP contribution is 2.15. The minimum atomic E-state index is -0.190. The van der Waals surface area contributed by atoms with Crippen molar-refractivity contribution < 1.29 is 4.74 Å². The van der Waals surface area contributed by atoms with Crippen LogP contribution in [0.1, 0.15) is 40.5 Å². The molecule has 0 aliphatic rings. The van der Waals surface area contributed by atoms with E-state index in [0.717, 1.165) is 18.7 Å². The average Bonchev–Trinajstić information content (AvgIpc) is 2.36. The zero-order chi connectivity index (χ0) is 13.6. The Morgan fingerprint density at radius 1 is 1.33 bits per heavy atom. The van der Waals surface area contributed by atoms with Crippen molar-refractivity contribution in [1.29, 1.82) is 0 Å². The lowest BCUT2D eigenvalue weighted by Crippen LogP contribution is -2.45. The summed E-state index contributed by atoms with van der Waals surface area (Å²) in [5.74, 6) is 1.33.